The molecular formula is C15H27N3O2S. The van der Waals surface area contributed by atoms with Crippen LogP contribution in [0.1, 0.15) is 26.2 Å². The Kier molecular flexibility index (Phi) is 7.53. The van der Waals surface area contributed by atoms with Crippen molar-refractivity contribution in [2.45, 2.75) is 26.2 Å². The highest BCUT2D eigenvalue weighted by molar-refractivity contribution is 7.92. The topological polar surface area (TPSA) is 61.4 Å². The van der Waals surface area contributed by atoms with E-state index in [0.29, 0.717) is 12.1 Å². The highest BCUT2D eigenvalue weighted by Gasteiger charge is 2.10. The van der Waals surface area contributed by atoms with E-state index in [9.17, 15) is 8.42 Å². The number of rotatable bonds is 10. The lowest BCUT2D eigenvalue weighted by atomic mass is 10.3. The van der Waals surface area contributed by atoms with Gasteiger partial charge in [-0.25, -0.2) is 8.42 Å². The highest BCUT2D eigenvalue weighted by atomic mass is 32.2. The summed E-state index contributed by atoms with van der Waals surface area (Å²) in [6.45, 7) is 3.98. The molecule has 1 aromatic rings. The third kappa shape index (κ3) is 7.34. The highest BCUT2D eigenvalue weighted by Crippen LogP contribution is 2.16. The summed E-state index contributed by atoms with van der Waals surface area (Å²) in [6, 6.07) is 7.37. The van der Waals surface area contributed by atoms with E-state index in [1.54, 1.807) is 12.1 Å². The summed E-state index contributed by atoms with van der Waals surface area (Å²) in [5.41, 5.74) is 1.66. The van der Waals surface area contributed by atoms with Crippen molar-refractivity contribution in [3.63, 3.8) is 0 Å². The van der Waals surface area contributed by atoms with Gasteiger partial charge >= 0.3 is 0 Å². The SMILES string of the molecule is CCCNCCCCS(=O)(=O)Nc1ccc(N(C)C)cc1. The van der Waals surface area contributed by atoms with E-state index in [0.717, 1.165) is 31.6 Å². The van der Waals surface area contributed by atoms with Crippen molar-refractivity contribution in [3.05, 3.63) is 24.3 Å². The number of anilines is 2. The first-order valence-corrected chi connectivity index (χ1v) is 9.08. The molecule has 0 aliphatic carbocycles. The first kappa shape index (κ1) is 17.8. The van der Waals surface area contributed by atoms with Gasteiger partial charge in [0.05, 0.1) is 5.75 Å². The lowest BCUT2D eigenvalue weighted by molar-refractivity contribution is 0.590. The Hall–Kier alpha value is -1.27. The summed E-state index contributed by atoms with van der Waals surface area (Å²) in [7, 11) is 0.648. The van der Waals surface area contributed by atoms with Crippen molar-refractivity contribution in [2.75, 3.05) is 42.6 Å². The van der Waals surface area contributed by atoms with Crippen LogP contribution in [0.4, 0.5) is 11.4 Å². The van der Waals surface area contributed by atoms with E-state index in [4.69, 9.17) is 0 Å². The number of nitrogens with one attached hydrogen (secondary N) is 2. The van der Waals surface area contributed by atoms with Crippen molar-refractivity contribution in [2.24, 2.45) is 0 Å². The number of sulfonamides is 1. The molecular weight excluding hydrogens is 286 g/mol. The molecule has 0 atom stereocenters. The molecule has 2 N–H and O–H groups in total. The Labute approximate surface area is 128 Å². The summed E-state index contributed by atoms with van der Waals surface area (Å²) >= 11 is 0. The van der Waals surface area contributed by atoms with Crippen LogP contribution >= 0.6 is 0 Å². The number of hydrogen-bond acceptors (Lipinski definition) is 4. The van der Waals surface area contributed by atoms with E-state index < -0.39 is 10.0 Å². The van der Waals surface area contributed by atoms with Crippen LogP contribution in [0.3, 0.4) is 0 Å². The van der Waals surface area contributed by atoms with E-state index in [1.807, 2.05) is 31.1 Å². The molecule has 5 nitrogen and oxygen atoms in total. The Morgan fingerprint density at radius 2 is 1.71 bits per heavy atom. The lowest BCUT2D eigenvalue weighted by Crippen LogP contribution is -2.20. The Bertz CT molecular complexity index is 498. The van der Waals surface area contributed by atoms with Crippen molar-refractivity contribution in [3.8, 4) is 0 Å². The summed E-state index contributed by atoms with van der Waals surface area (Å²) in [5, 5.41) is 3.27. The Morgan fingerprint density at radius 3 is 2.29 bits per heavy atom. The molecule has 1 aromatic carbocycles. The molecule has 0 fully saturated rings. The zero-order valence-corrected chi connectivity index (χ0v) is 14.0. The van der Waals surface area contributed by atoms with Crippen molar-refractivity contribution < 1.29 is 8.42 Å². The van der Waals surface area contributed by atoms with Crippen LogP contribution in [-0.4, -0.2) is 41.4 Å². The molecule has 0 bridgehead atoms. The van der Waals surface area contributed by atoms with Crippen LogP contribution in [0, 0.1) is 0 Å². The summed E-state index contributed by atoms with van der Waals surface area (Å²) in [4.78, 5) is 1.97. The first-order valence-electron chi connectivity index (χ1n) is 7.43. The third-order valence-electron chi connectivity index (χ3n) is 3.10. The monoisotopic (exact) mass is 313 g/mol. The molecule has 0 heterocycles. The molecule has 6 heteroatoms. The minimum absolute atomic E-state index is 0.163. The number of nitrogens with zero attached hydrogens (tertiary/aromatic N) is 1. The lowest BCUT2D eigenvalue weighted by Gasteiger charge is -2.13. The van der Waals surface area contributed by atoms with Gasteiger partial charge in [0.1, 0.15) is 0 Å². The van der Waals surface area contributed by atoms with Gasteiger partial charge in [-0.3, -0.25) is 4.72 Å². The zero-order valence-electron chi connectivity index (χ0n) is 13.2. The Balaban J connectivity index is 2.38. The number of hydrogen-bond donors (Lipinski definition) is 2. The van der Waals surface area contributed by atoms with Gasteiger partial charge in [0.15, 0.2) is 0 Å². The van der Waals surface area contributed by atoms with Crippen molar-refractivity contribution in [1.82, 2.24) is 5.32 Å². The van der Waals surface area contributed by atoms with E-state index >= 15 is 0 Å². The van der Waals surface area contributed by atoms with Gasteiger partial charge in [0.2, 0.25) is 10.0 Å². The molecule has 0 aliphatic rings. The van der Waals surface area contributed by atoms with Gasteiger partial charge in [-0.2, -0.15) is 0 Å². The van der Waals surface area contributed by atoms with E-state index in [-0.39, 0.29) is 5.75 Å². The average Bonchev–Trinajstić information content (AvgIpc) is 2.43. The molecule has 1 rings (SSSR count). The van der Waals surface area contributed by atoms with Gasteiger partial charge in [-0.05, 0) is 56.6 Å². The van der Waals surface area contributed by atoms with Gasteiger partial charge in [0, 0.05) is 25.5 Å². The number of unbranched alkanes of at least 4 members (excludes halogenated alkanes) is 1. The minimum atomic E-state index is -3.25. The predicted octanol–water partition coefficient (Wildman–Crippen LogP) is 2.27. The van der Waals surface area contributed by atoms with E-state index in [1.165, 1.54) is 0 Å². The summed E-state index contributed by atoms with van der Waals surface area (Å²) in [6.07, 6.45) is 2.64. The van der Waals surface area contributed by atoms with Crippen molar-refractivity contribution >= 4 is 21.4 Å². The zero-order chi connectivity index (χ0) is 15.7. The van der Waals surface area contributed by atoms with Crippen LogP contribution in [0.5, 0.6) is 0 Å². The molecule has 0 unspecified atom stereocenters. The second kappa shape index (κ2) is 8.89. The predicted molar refractivity (Wildman–Crippen MR) is 90.6 cm³/mol. The van der Waals surface area contributed by atoms with Gasteiger partial charge in [-0.1, -0.05) is 6.92 Å². The Morgan fingerprint density at radius 1 is 1.05 bits per heavy atom. The van der Waals surface area contributed by atoms with Crippen LogP contribution in [-0.2, 0) is 10.0 Å². The molecule has 0 radical (unpaired) electrons. The van der Waals surface area contributed by atoms with Crippen LogP contribution in [0.15, 0.2) is 24.3 Å². The quantitative estimate of drug-likeness (QED) is 0.651. The number of benzene rings is 1. The first-order chi connectivity index (χ1) is 9.94. The summed E-state index contributed by atoms with van der Waals surface area (Å²) < 4.78 is 26.6. The standard InChI is InChI=1S/C15H27N3O2S/c1-4-11-16-12-5-6-13-21(19,20)17-14-7-9-15(10-8-14)18(2)3/h7-10,16-17H,4-6,11-13H2,1-3H3. The average molecular weight is 313 g/mol. The molecule has 0 spiro atoms. The van der Waals surface area contributed by atoms with Crippen molar-refractivity contribution in [1.29, 1.82) is 0 Å². The fourth-order valence-corrected chi connectivity index (χ4v) is 3.08. The van der Waals surface area contributed by atoms with Crippen LogP contribution in [0.2, 0.25) is 0 Å². The molecule has 0 amide bonds. The molecule has 0 saturated carbocycles. The third-order valence-corrected chi connectivity index (χ3v) is 4.47. The van der Waals surface area contributed by atoms with Crippen LogP contribution in [0.25, 0.3) is 0 Å². The maximum Gasteiger partial charge on any atom is 0.232 e. The second-order valence-corrected chi connectivity index (χ2v) is 7.16. The summed E-state index contributed by atoms with van der Waals surface area (Å²) in [5.74, 6) is 0.163. The van der Waals surface area contributed by atoms with Gasteiger partial charge < -0.3 is 10.2 Å². The fraction of sp³-hybridized carbons (Fsp3) is 0.600. The largest absolute Gasteiger partial charge is 0.378 e. The molecule has 0 saturated heterocycles. The fourth-order valence-electron chi connectivity index (χ4n) is 1.90. The van der Waals surface area contributed by atoms with Gasteiger partial charge in [0.25, 0.3) is 0 Å². The molecule has 0 aromatic heterocycles. The van der Waals surface area contributed by atoms with Gasteiger partial charge in [-0.15, -0.1) is 0 Å². The maximum atomic E-state index is 12.0. The minimum Gasteiger partial charge on any atom is -0.378 e. The smallest absolute Gasteiger partial charge is 0.232 e. The van der Waals surface area contributed by atoms with Crippen LogP contribution < -0.4 is 14.9 Å². The normalized spacial score (nSPS) is 11.4. The maximum absolute atomic E-state index is 12.0. The molecule has 21 heavy (non-hydrogen) atoms. The second-order valence-electron chi connectivity index (χ2n) is 5.32. The molecule has 120 valence electrons. The molecule has 0 aliphatic heterocycles. The van der Waals surface area contributed by atoms with E-state index in [2.05, 4.69) is 17.0 Å².